The van der Waals surface area contributed by atoms with Crippen LogP contribution in [0.15, 0.2) is 48.9 Å². The fourth-order valence-electron chi connectivity index (χ4n) is 4.43. The van der Waals surface area contributed by atoms with E-state index < -0.39 is 0 Å². The zero-order valence-electron chi connectivity index (χ0n) is 20.3. The minimum Gasteiger partial charge on any atom is -0.475 e. The van der Waals surface area contributed by atoms with E-state index >= 15 is 0 Å². The van der Waals surface area contributed by atoms with Crippen LogP contribution in [0, 0.1) is 6.92 Å². The van der Waals surface area contributed by atoms with Gasteiger partial charge >= 0.3 is 0 Å². The fraction of sp³-hybridized carbons (Fsp3) is 0.346. The minimum absolute atomic E-state index is 0.454. The standard InChI is InChI=1S/C26H29ClN6O3/c1-17-5-7-20(13-29-17)36-24-8-6-18(12-21(24)27)30-22-14-28-15-23-25(22)26(32-31-23)35-11-10-33-9-3-4-19(33)16-34-2/h5-8,12-15,19,30H,3-4,9-11,16H2,1-2H3,(H,31,32)/t19-/m1/s1. The zero-order valence-corrected chi connectivity index (χ0v) is 21.1. The molecule has 10 heteroatoms. The van der Waals surface area contributed by atoms with E-state index in [2.05, 4.69) is 30.4 Å². The van der Waals surface area contributed by atoms with Gasteiger partial charge in [-0.05, 0) is 56.6 Å². The predicted molar refractivity (Wildman–Crippen MR) is 140 cm³/mol. The van der Waals surface area contributed by atoms with Crippen molar-refractivity contribution >= 4 is 33.9 Å². The average Bonchev–Trinajstić information content (AvgIpc) is 3.50. The molecule has 4 heterocycles. The van der Waals surface area contributed by atoms with Gasteiger partial charge in [0, 0.05) is 31.1 Å². The van der Waals surface area contributed by atoms with Gasteiger partial charge in [0.2, 0.25) is 5.88 Å². The SMILES string of the molecule is COC[C@H]1CCCN1CCOc1n[nH]c2cncc(Nc3ccc(Oc4ccc(C)nc4)c(Cl)c3)c12. The second kappa shape index (κ2) is 11.1. The average molecular weight is 509 g/mol. The molecule has 1 fully saturated rings. The number of halogens is 1. The number of aromatic nitrogens is 4. The van der Waals surface area contributed by atoms with Crippen LogP contribution in [-0.4, -0.2) is 64.5 Å². The number of aryl methyl sites for hydroxylation is 1. The fourth-order valence-corrected chi connectivity index (χ4v) is 4.65. The van der Waals surface area contributed by atoms with E-state index in [4.69, 9.17) is 25.8 Å². The van der Waals surface area contributed by atoms with Crippen LogP contribution in [0.1, 0.15) is 18.5 Å². The molecule has 4 aromatic rings. The van der Waals surface area contributed by atoms with E-state index in [0.717, 1.165) is 54.1 Å². The number of nitrogens with zero attached hydrogens (tertiary/aromatic N) is 4. The third kappa shape index (κ3) is 5.53. The van der Waals surface area contributed by atoms with Crippen molar-refractivity contribution in [1.82, 2.24) is 25.1 Å². The molecule has 3 aromatic heterocycles. The molecular weight excluding hydrogens is 480 g/mol. The summed E-state index contributed by atoms with van der Waals surface area (Å²) >= 11 is 6.51. The van der Waals surface area contributed by atoms with Crippen LogP contribution in [0.3, 0.4) is 0 Å². The van der Waals surface area contributed by atoms with Crippen LogP contribution in [0.5, 0.6) is 17.4 Å². The summed E-state index contributed by atoms with van der Waals surface area (Å²) in [4.78, 5) is 11.0. The van der Waals surface area contributed by atoms with E-state index in [1.807, 2.05) is 31.2 Å². The maximum atomic E-state index is 6.51. The van der Waals surface area contributed by atoms with Gasteiger partial charge in [0.25, 0.3) is 0 Å². The molecule has 2 N–H and O–H groups in total. The summed E-state index contributed by atoms with van der Waals surface area (Å²) in [6, 6.07) is 9.72. The Morgan fingerprint density at radius 1 is 1.19 bits per heavy atom. The van der Waals surface area contributed by atoms with Gasteiger partial charge in [-0.3, -0.25) is 20.0 Å². The molecule has 188 valence electrons. The molecule has 1 atom stereocenters. The van der Waals surface area contributed by atoms with Crippen molar-refractivity contribution in [2.24, 2.45) is 0 Å². The largest absolute Gasteiger partial charge is 0.475 e. The molecule has 0 amide bonds. The number of hydrogen-bond acceptors (Lipinski definition) is 8. The Morgan fingerprint density at radius 2 is 2.11 bits per heavy atom. The number of rotatable bonds is 10. The van der Waals surface area contributed by atoms with Gasteiger partial charge in [-0.15, -0.1) is 5.10 Å². The highest BCUT2D eigenvalue weighted by Crippen LogP contribution is 2.35. The summed E-state index contributed by atoms with van der Waals surface area (Å²) in [5.41, 5.74) is 3.26. The number of hydrogen-bond donors (Lipinski definition) is 2. The molecule has 0 spiro atoms. The highest BCUT2D eigenvalue weighted by atomic mass is 35.5. The van der Waals surface area contributed by atoms with Crippen molar-refractivity contribution in [2.75, 3.05) is 38.7 Å². The lowest BCUT2D eigenvalue weighted by atomic mass is 10.2. The maximum absolute atomic E-state index is 6.51. The molecule has 1 aromatic carbocycles. The quantitative estimate of drug-likeness (QED) is 0.296. The van der Waals surface area contributed by atoms with Gasteiger partial charge < -0.3 is 19.5 Å². The Hall–Kier alpha value is -3.40. The van der Waals surface area contributed by atoms with E-state index in [1.54, 1.807) is 31.8 Å². The van der Waals surface area contributed by atoms with E-state index in [1.165, 1.54) is 6.42 Å². The van der Waals surface area contributed by atoms with Crippen LogP contribution in [0.4, 0.5) is 11.4 Å². The zero-order chi connectivity index (χ0) is 24.9. The summed E-state index contributed by atoms with van der Waals surface area (Å²) in [5.74, 6) is 1.71. The van der Waals surface area contributed by atoms with Crippen LogP contribution < -0.4 is 14.8 Å². The number of fused-ring (bicyclic) bond motifs is 1. The van der Waals surface area contributed by atoms with Crippen LogP contribution in [0.25, 0.3) is 10.9 Å². The Balaban J connectivity index is 1.28. The first-order valence-corrected chi connectivity index (χ1v) is 12.3. The molecular formula is C26H29ClN6O3. The maximum Gasteiger partial charge on any atom is 0.242 e. The molecule has 9 nitrogen and oxygen atoms in total. The van der Waals surface area contributed by atoms with Crippen molar-refractivity contribution in [3.63, 3.8) is 0 Å². The molecule has 1 aliphatic heterocycles. The lowest BCUT2D eigenvalue weighted by Gasteiger charge is -2.23. The van der Waals surface area contributed by atoms with Crippen LogP contribution in [0.2, 0.25) is 5.02 Å². The summed E-state index contributed by atoms with van der Waals surface area (Å²) < 4.78 is 17.3. The van der Waals surface area contributed by atoms with Gasteiger partial charge in [0.05, 0.1) is 46.8 Å². The summed E-state index contributed by atoms with van der Waals surface area (Å²) in [7, 11) is 1.75. The normalized spacial score (nSPS) is 15.9. The highest BCUT2D eigenvalue weighted by Gasteiger charge is 2.24. The van der Waals surface area contributed by atoms with Gasteiger partial charge in [0.1, 0.15) is 18.1 Å². The number of pyridine rings is 2. The second-order valence-electron chi connectivity index (χ2n) is 8.78. The Kier molecular flexibility index (Phi) is 7.50. The van der Waals surface area contributed by atoms with E-state index in [-0.39, 0.29) is 0 Å². The van der Waals surface area contributed by atoms with Gasteiger partial charge in [-0.25, -0.2) is 0 Å². The summed E-state index contributed by atoms with van der Waals surface area (Å²) in [5, 5.41) is 12.1. The predicted octanol–water partition coefficient (Wildman–Crippen LogP) is 5.34. The molecule has 1 saturated heterocycles. The number of H-pyrrole nitrogens is 1. The van der Waals surface area contributed by atoms with Crippen molar-refractivity contribution in [3.8, 4) is 17.4 Å². The van der Waals surface area contributed by atoms with Crippen molar-refractivity contribution < 1.29 is 14.2 Å². The minimum atomic E-state index is 0.454. The number of likely N-dealkylation sites (tertiary alicyclic amines) is 1. The van der Waals surface area contributed by atoms with Gasteiger partial charge in [-0.2, -0.15) is 0 Å². The van der Waals surface area contributed by atoms with Crippen LogP contribution >= 0.6 is 11.6 Å². The number of anilines is 2. The molecule has 0 bridgehead atoms. The number of ether oxygens (including phenoxy) is 3. The van der Waals surface area contributed by atoms with Crippen molar-refractivity contribution in [1.29, 1.82) is 0 Å². The lowest BCUT2D eigenvalue weighted by Crippen LogP contribution is -2.35. The summed E-state index contributed by atoms with van der Waals surface area (Å²) in [6.07, 6.45) is 7.50. The summed E-state index contributed by atoms with van der Waals surface area (Å²) in [6.45, 7) is 5.10. The van der Waals surface area contributed by atoms with Gasteiger partial charge in [-0.1, -0.05) is 11.6 Å². The van der Waals surface area contributed by atoms with Crippen molar-refractivity contribution in [2.45, 2.75) is 25.8 Å². The molecule has 0 saturated carbocycles. The Labute approximate surface area is 214 Å². The first-order valence-electron chi connectivity index (χ1n) is 12.0. The van der Waals surface area contributed by atoms with Crippen molar-refractivity contribution in [3.05, 3.63) is 59.6 Å². The third-order valence-electron chi connectivity index (χ3n) is 6.24. The number of methoxy groups -OCH3 is 1. The first-order chi connectivity index (χ1) is 17.6. The number of benzene rings is 1. The smallest absolute Gasteiger partial charge is 0.242 e. The molecule has 1 aliphatic rings. The van der Waals surface area contributed by atoms with E-state index in [9.17, 15) is 0 Å². The number of nitrogens with one attached hydrogen (secondary N) is 2. The van der Waals surface area contributed by atoms with Gasteiger partial charge in [0.15, 0.2) is 0 Å². The molecule has 0 unspecified atom stereocenters. The highest BCUT2D eigenvalue weighted by molar-refractivity contribution is 6.32. The third-order valence-corrected chi connectivity index (χ3v) is 6.53. The molecule has 0 radical (unpaired) electrons. The lowest BCUT2D eigenvalue weighted by molar-refractivity contribution is 0.105. The molecule has 36 heavy (non-hydrogen) atoms. The topological polar surface area (TPSA) is 97.4 Å². The Morgan fingerprint density at radius 3 is 2.92 bits per heavy atom. The molecule has 0 aliphatic carbocycles. The monoisotopic (exact) mass is 508 g/mol. The van der Waals surface area contributed by atoms with Crippen LogP contribution in [-0.2, 0) is 4.74 Å². The number of aromatic amines is 1. The second-order valence-corrected chi connectivity index (χ2v) is 9.19. The molecule has 5 rings (SSSR count). The first kappa shape index (κ1) is 24.3. The Bertz CT molecular complexity index is 1310. The van der Waals surface area contributed by atoms with E-state index in [0.29, 0.717) is 35.1 Å².